The quantitative estimate of drug-likeness (QED) is 0.334. The van der Waals surface area contributed by atoms with Crippen molar-refractivity contribution in [3.05, 3.63) is 12.7 Å². The van der Waals surface area contributed by atoms with Crippen LogP contribution in [0.2, 0.25) is 0 Å². The van der Waals surface area contributed by atoms with Crippen molar-refractivity contribution in [1.29, 1.82) is 0 Å². The topological polar surface area (TPSA) is 125 Å². The highest BCUT2D eigenvalue weighted by atomic mass is 16.6. The number of carbonyl (C=O) groups excluding carboxylic acids is 2. The molecule has 19 heavy (non-hydrogen) atoms. The summed E-state index contributed by atoms with van der Waals surface area (Å²) in [6.07, 6.45) is -4.55. The minimum absolute atomic E-state index is 0.354. The Morgan fingerprint density at radius 1 is 1.37 bits per heavy atom. The van der Waals surface area contributed by atoms with Crippen LogP contribution >= 0.6 is 0 Å². The molecule has 0 radical (unpaired) electrons. The van der Waals surface area contributed by atoms with Crippen molar-refractivity contribution >= 4 is 11.9 Å². The average Bonchev–Trinajstić information content (AvgIpc) is 2.36. The SMILES string of the molecule is C=CC(=O)OCC1OC(O)C(NC(C)=O)C(O)C1O. The molecule has 5 unspecified atom stereocenters. The molecule has 108 valence electrons. The molecule has 1 heterocycles. The summed E-state index contributed by atoms with van der Waals surface area (Å²) in [6.45, 7) is 4.04. The van der Waals surface area contributed by atoms with Gasteiger partial charge in [-0.05, 0) is 0 Å². The highest BCUT2D eigenvalue weighted by molar-refractivity contribution is 5.81. The maximum Gasteiger partial charge on any atom is 0.330 e. The van der Waals surface area contributed by atoms with Crippen LogP contribution < -0.4 is 5.32 Å². The zero-order valence-corrected chi connectivity index (χ0v) is 10.4. The molecule has 0 spiro atoms. The Morgan fingerprint density at radius 3 is 2.53 bits per heavy atom. The van der Waals surface area contributed by atoms with Crippen molar-refractivity contribution in [3.63, 3.8) is 0 Å². The molecule has 0 aliphatic carbocycles. The van der Waals surface area contributed by atoms with E-state index in [0.29, 0.717) is 0 Å². The summed E-state index contributed by atoms with van der Waals surface area (Å²) in [5.74, 6) is -1.21. The predicted molar refractivity (Wildman–Crippen MR) is 61.7 cm³/mol. The van der Waals surface area contributed by atoms with Crippen LogP contribution in [-0.4, -0.2) is 64.4 Å². The Hall–Kier alpha value is -1.48. The molecule has 1 saturated heterocycles. The smallest absolute Gasteiger partial charge is 0.330 e. The van der Waals surface area contributed by atoms with Gasteiger partial charge in [-0.3, -0.25) is 4.79 Å². The molecule has 1 amide bonds. The van der Waals surface area contributed by atoms with Gasteiger partial charge in [0.1, 0.15) is 31.0 Å². The van der Waals surface area contributed by atoms with Gasteiger partial charge < -0.3 is 30.1 Å². The van der Waals surface area contributed by atoms with Gasteiger partial charge in [-0.25, -0.2) is 4.79 Å². The fraction of sp³-hybridized carbons (Fsp3) is 0.636. The first-order valence-electron chi connectivity index (χ1n) is 5.62. The molecule has 1 fully saturated rings. The summed E-state index contributed by atoms with van der Waals surface area (Å²) in [5.41, 5.74) is 0. The first kappa shape index (κ1) is 15.6. The summed E-state index contributed by atoms with van der Waals surface area (Å²) in [5, 5.41) is 31.4. The van der Waals surface area contributed by atoms with Gasteiger partial charge in [-0.2, -0.15) is 0 Å². The van der Waals surface area contributed by atoms with Gasteiger partial charge >= 0.3 is 5.97 Å². The Kier molecular flexibility index (Phi) is 5.43. The largest absolute Gasteiger partial charge is 0.460 e. The Labute approximate surface area is 109 Å². The molecule has 1 aliphatic heterocycles. The normalized spacial score (nSPS) is 34.4. The van der Waals surface area contributed by atoms with Gasteiger partial charge in [0.25, 0.3) is 0 Å². The number of rotatable bonds is 4. The van der Waals surface area contributed by atoms with Crippen LogP contribution in [0.1, 0.15) is 6.92 Å². The van der Waals surface area contributed by atoms with E-state index in [2.05, 4.69) is 16.6 Å². The lowest BCUT2D eigenvalue weighted by Crippen LogP contribution is -2.64. The third-order valence-electron chi connectivity index (χ3n) is 2.65. The third kappa shape index (κ3) is 4.00. The van der Waals surface area contributed by atoms with E-state index >= 15 is 0 Å². The molecule has 0 saturated carbocycles. The lowest BCUT2D eigenvalue weighted by atomic mass is 9.97. The van der Waals surface area contributed by atoms with Crippen molar-refractivity contribution in [2.75, 3.05) is 6.61 Å². The van der Waals surface area contributed by atoms with Gasteiger partial charge in [-0.1, -0.05) is 6.58 Å². The van der Waals surface area contributed by atoms with E-state index in [1.165, 1.54) is 6.92 Å². The summed E-state index contributed by atoms with van der Waals surface area (Å²) in [6, 6.07) is -1.15. The van der Waals surface area contributed by atoms with E-state index in [4.69, 9.17) is 4.74 Å². The number of aliphatic hydroxyl groups excluding tert-OH is 3. The van der Waals surface area contributed by atoms with Crippen molar-refractivity contribution in [2.24, 2.45) is 0 Å². The third-order valence-corrected chi connectivity index (χ3v) is 2.65. The zero-order valence-electron chi connectivity index (χ0n) is 10.4. The van der Waals surface area contributed by atoms with E-state index in [0.717, 1.165) is 6.08 Å². The number of amides is 1. The first-order chi connectivity index (χ1) is 8.86. The van der Waals surface area contributed by atoms with Crippen LogP contribution in [0.25, 0.3) is 0 Å². The molecule has 4 N–H and O–H groups in total. The minimum atomic E-state index is -1.52. The van der Waals surface area contributed by atoms with Crippen molar-refractivity contribution < 1.29 is 34.4 Å². The van der Waals surface area contributed by atoms with Crippen LogP contribution in [-0.2, 0) is 19.1 Å². The van der Waals surface area contributed by atoms with Crippen LogP contribution in [0.15, 0.2) is 12.7 Å². The minimum Gasteiger partial charge on any atom is -0.460 e. The lowest BCUT2D eigenvalue weighted by molar-refractivity contribution is -0.255. The first-order valence-corrected chi connectivity index (χ1v) is 5.62. The Balaban J connectivity index is 2.63. The molecular weight excluding hydrogens is 258 g/mol. The predicted octanol–water partition coefficient (Wildman–Crippen LogP) is -2.34. The number of aliphatic hydroxyl groups is 3. The maximum absolute atomic E-state index is 10.9. The maximum atomic E-state index is 10.9. The van der Waals surface area contributed by atoms with Crippen molar-refractivity contribution in [1.82, 2.24) is 5.32 Å². The molecule has 8 heteroatoms. The summed E-state index contributed by atoms with van der Waals surface area (Å²) in [7, 11) is 0. The van der Waals surface area contributed by atoms with Gasteiger partial charge in [0.15, 0.2) is 6.29 Å². The number of nitrogens with one attached hydrogen (secondary N) is 1. The standard InChI is InChI=1S/C11H17NO7/c1-3-7(14)18-4-6-9(15)10(16)8(11(17)19-6)12-5(2)13/h3,6,8-11,15-17H,1,4H2,2H3,(H,12,13). The molecule has 5 atom stereocenters. The monoisotopic (exact) mass is 275 g/mol. The highest BCUT2D eigenvalue weighted by Gasteiger charge is 2.44. The van der Waals surface area contributed by atoms with Crippen molar-refractivity contribution in [2.45, 2.75) is 37.6 Å². The van der Waals surface area contributed by atoms with Crippen molar-refractivity contribution in [3.8, 4) is 0 Å². The van der Waals surface area contributed by atoms with Gasteiger partial charge in [0.2, 0.25) is 5.91 Å². The molecule has 1 aliphatic rings. The second kappa shape index (κ2) is 6.62. The summed E-state index contributed by atoms with van der Waals surface area (Å²) in [4.78, 5) is 21.8. The lowest BCUT2D eigenvalue weighted by Gasteiger charge is -2.40. The fourth-order valence-corrected chi connectivity index (χ4v) is 1.70. The van der Waals surface area contributed by atoms with E-state index in [-0.39, 0.29) is 6.61 Å². The van der Waals surface area contributed by atoms with Crippen LogP contribution in [0, 0.1) is 0 Å². The summed E-state index contributed by atoms with van der Waals surface area (Å²) < 4.78 is 9.66. The van der Waals surface area contributed by atoms with Gasteiger partial charge in [0, 0.05) is 13.0 Å². The molecule has 0 aromatic heterocycles. The van der Waals surface area contributed by atoms with Gasteiger partial charge in [0.05, 0.1) is 0 Å². The van der Waals surface area contributed by atoms with E-state index in [9.17, 15) is 24.9 Å². The van der Waals surface area contributed by atoms with Crippen LogP contribution in [0.3, 0.4) is 0 Å². The Morgan fingerprint density at radius 2 is 2.00 bits per heavy atom. The number of esters is 1. The van der Waals surface area contributed by atoms with E-state index in [1.54, 1.807) is 0 Å². The van der Waals surface area contributed by atoms with Gasteiger partial charge in [-0.15, -0.1) is 0 Å². The molecular formula is C11H17NO7. The molecule has 0 bridgehead atoms. The number of hydrogen-bond donors (Lipinski definition) is 4. The zero-order chi connectivity index (χ0) is 14.6. The second-order valence-electron chi connectivity index (χ2n) is 4.11. The fourth-order valence-electron chi connectivity index (χ4n) is 1.70. The molecule has 8 nitrogen and oxygen atoms in total. The van der Waals surface area contributed by atoms with Crippen LogP contribution in [0.4, 0.5) is 0 Å². The number of carbonyl (C=O) groups is 2. The summed E-state index contributed by atoms with van der Waals surface area (Å²) >= 11 is 0. The molecule has 1 rings (SSSR count). The highest BCUT2D eigenvalue weighted by Crippen LogP contribution is 2.20. The Bertz CT molecular complexity index is 359. The number of hydrogen-bond acceptors (Lipinski definition) is 7. The van der Waals surface area contributed by atoms with Crippen LogP contribution in [0.5, 0.6) is 0 Å². The molecule has 0 aromatic rings. The van der Waals surface area contributed by atoms with E-state index in [1.807, 2.05) is 0 Å². The average molecular weight is 275 g/mol. The molecule has 0 aromatic carbocycles. The second-order valence-corrected chi connectivity index (χ2v) is 4.11. The van der Waals surface area contributed by atoms with E-state index < -0.39 is 42.5 Å². The number of ether oxygens (including phenoxy) is 2.